The fourth-order valence-corrected chi connectivity index (χ4v) is 4.44. The summed E-state index contributed by atoms with van der Waals surface area (Å²) in [6, 6.07) is 18.2. The Kier molecular flexibility index (Phi) is 5.56. The van der Waals surface area contributed by atoms with Gasteiger partial charge in [0.1, 0.15) is 5.82 Å². The first kappa shape index (κ1) is 20.2. The van der Waals surface area contributed by atoms with Crippen molar-refractivity contribution in [1.29, 1.82) is 0 Å². The highest BCUT2D eigenvalue weighted by atomic mass is 32.1. The van der Waals surface area contributed by atoms with E-state index in [4.69, 9.17) is 4.98 Å². The van der Waals surface area contributed by atoms with Crippen molar-refractivity contribution in [2.75, 3.05) is 10.6 Å². The molecular weight excluding hydrogens is 420 g/mol. The summed E-state index contributed by atoms with van der Waals surface area (Å²) in [5.74, 6) is 0.728. The predicted octanol–water partition coefficient (Wildman–Crippen LogP) is 5.45. The van der Waals surface area contributed by atoms with Crippen molar-refractivity contribution in [3.05, 3.63) is 88.5 Å². The zero-order valence-electron chi connectivity index (χ0n) is 17.4. The molecule has 1 aliphatic rings. The third-order valence-corrected chi connectivity index (χ3v) is 6.34. The number of hydrogen-bond acceptors (Lipinski definition) is 4. The molecule has 7 heteroatoms. The predicted molar refractivity (Wildman–Crippen MR) is 127 cm³/mol. The van der Waals surface area contributed by atoms with Crippen LogP contribution in [0.25, 0.3) is 11.3 Å². The minimum Gasteiger partial charge on any atom is -0.334 e. The van der Waals surface area contributed by atoms with Crippen molar-refractivity contribution in [2.45, 2.75) is 25.8 Å². The number of anilines is 2. The van der Waals surface area contributed by atoms with Gasteiger partial charge in [0, 0.05) is 41.7 Å². The van der Waals surface area contributed by atoms with Gasteiger partial charge < -0.3 is 15.2 Å². The van der Waals surface area contributed by atoms with Gasteiger partial charge in [-0.15, -0.1) is 11.3 Å². The van der Waals surface area contributed by atoms with Crippen LogP contribution in [0, 0.1) is 0 Å². The van der Waals surface area contributed by atoms with Crippen LogP contribution in [0.15, 0.2) is 72.2 Å². The smallest absolute Gasteiger partial charge is 0.265 e. The number of aryl methyl sites for hydroxylation is 2. The zero-order chi connectivity index (χ0) is 21.9. The number of carbonyl (C=O) groups excluding carboxylic acids is 2. The van der Waals surface area contributed by atoms with Gasteiger partial charge in [-0.3, -0.25) is 9.59 Å². The van der Waals surface area contributed by atoms with Crippen LogP contribution < -0.4 is 10.6 Å². The van der Waals surface area contributed by atoms with Crippen LogP contribution in [0.3, 0.4) is 0 Å². The zero-order valence-corrected chi connectivity index (χ0v) is 18.2. The molecule has 0 spiro atoms. The lowest BCUT2D eigenvalue weighted by molar-refractivity contribution is 0.101. The summed E-state index contributed by atoms with van der Waals surface area (Å²) in [6.07, 6.45) is 5.53. The minimum absolute atomic E-state index is 0.186. The molecule has 3 heterocycles. The van der Waals surface area contributed by atoms with E-state index in [9.17, 15) is 9.59 Å². The quantitative estimate of drug-likeness (QED) is 0.431. The van der Waals surface area contributed by atoms with Gasteiger partial charge in [-0.1, -0.05) is 24.3 Å². The molecule has 4 aromatic rings. The number of amides is 2. The molecule has 2 aromatic heterocycles. The van der Waals surface area contributed by atoms with E-state index in [-0.39, 0.29) is 11.8 Å². The highest BCUT2D eigenvalue weighted by Gasteiger charge is 2.14. The second-order valence-electron chi connectivity index (χ2n) is 7.74. The summed E-state index contributed by atoms with van der Waals surface area (Å²) >= 11 is 1.37. The average Bonchev–Trinajstić information content (AvgIpc) is 3.50. The summed E-state index contributed by atoms with van der Waals surface area (Å²) in [4.78, 5) is 30.4. The molecule has 0 radical (unpaired) electrons. The number of imidazole rings is 1. The Morgan fingerprint density at radius 1 is 0.906 bits per heavy atom. The van der Waals surface area contributed by atoms with Gasteiger partial charge in [0.2, 0.25) is 0 Å². The van der Waals surface area contributed by atoms with E-state index in [2.05, 4.69) is 21.4 Å². The van der Waals surface area contributed by atoms with Crippen molar-refractivity contribution < 1.29 is 9.59 Å². The van der Waals surface area contributed by atoms with Crippen molar-refractivity contribution in [1.82, 2.24) is 9.55 Å². The number of nitrogens with zero attached hydrogens (tertiary/aromatic N) is 2. The van der Waals surface area contributed by atoms with Crippen molar-refractivity contribution in [3.8, 4) is 11.3 Å². The SMILES string of the molecule is O=C(Nc1ccc(-c2cn3c(n2)CCCC3)cc1)c1cccc(NC(=O)c2cccs2)c1. The van der Waals surface area contributed by atoms with E-state index in [0.29, 0.717) is 21.8 Å². The van der Waals surface area contributed by atoms with Crippen LogP contribution in [0.4, 0.5) is 11.4 Å². The average molecular weight is 443 g/mol. The van der Waals surface area contributed by atoms with Crippen LogP contribution in [0.2, 0.25) is 0 Å². The fraction of sp³-hybridized carbons (Fsp3) is 0.160. The molecule has 32 heavy (non-hydrogen) atoms. The number of aromatic nitrogens is 2. The number of nitrogens with one attached hydrogen (secondary N) is 2. The lowest BCUT2D eigenvalue weighted by atomic mass is 10.1. The van der Waals surface area contributed by atoms with Gasteiger partial charge in [-0.05, 0) is 54.6 Å². The molecule has 160 valence electrons. The number of rotatable bonds is 5. The summed E-state index contributed by atoms with van der Waals surface area (Å²) in [6.45, 7) is 1.03. The molecule has 0 saturated heterocycles. The van der Waals surface area contributed by atoms with Gasteiger partial charge in [-0.2, -0.15) is 0 Å². The topological polar surface area (TPSA) is 76.0 Å². The molecule has 0 atom stereocenters. The first-order valence-corrected chi connectivity index (χ1v) is 11.5. The maximum atomic E-state index is 12.7. The number of benzene rings is 2. The normalized spacial score (nSPS) is 12.8. The molecule has 6 nitrogen and oxygen atoms in total. The summed E-state index contributed by atoms with van der Waals surface area (Å²) in [7, 11) is 0. The van der Waals surface area contributed by atoms with Gasteiger partial charge in [0.05, 0.1) is 10.6 Å². The van der Waals surface area contributed by atoms with Crippen molar-refractivity contribution in [3.63, 3.8) is 0 Å². The second kappa shape index (κ2) is 8.80. The first-order chi connectivity index (χ1) is 15.7. The fourth-order valence-electron chi connectivity index (χ4n) is 3.82. The largest absolute Gasteiger partial charge is 0.334 e. The van der Waals surface area contributed by atoms with E-state index in [0.717, 1.165) is 30.0 Å². The van der Waals surface area contributed by atoms with Crippen molar-refractivity contribution >= 4 is 34.5 Å². The van der Waals surface area contributed by atoms with E-state index >= 15 is 0 Å². The highest BCUT2D eigenvalue weighted by molar-refractivity contribution is 7.12. The molecule has 0 saturated carbocycles. The number of thiophene rings is 1. The first-order valence-electron chi connectivity index (χ1n) is 10.6. The minimum atomic E-state index is -0.234. The lowest BCUT2D eigenvalue weighted by Crippen LogP contribution is -2.14. The number of carbonyl (C=O) groups is 2. The maximum absolute atomic E-state index is 12.7. The Morgan fingerprint density at radius 2 is 1.75 bits per heavy atom. The van der Waals surface area contributed by atoms with Crippen LogP contribution >= 0.6 is 11.3 Å². The van der Waals surface area contributed by atoms with Crippen LogP contribution in [-0.4, -0.2) is 21.4 Å². The lowest BCUT2D eigenvalue weighted by Gasteiger charge is -2.11. The second-order valence-corrected chi connectivity index (χ2v) is 8.68. The van der Waals surface area contributed by atoms with Gasteiger partial charge in [0.25, 0.3) is 11.8 Å². The van der Waals surface area contributed by atoms with Crippen LogP contribution in [0.5, 0.6) is 0 Å². The molecule has 2 N–H and O–H groups in total. The van der Waals surface area contributed by atoms with E-state index in [1.54, 1.807) is 30.3 Å². The third-order valence-electron chi connectivity index (χ3n) is 5.47. The Balaban J connectivity index is 1.26. The monoisotopic (exact) mass is 442 g/mol. The molecule has 5 rings (SSSR count). The molecule has 2 aromatic carbocycles. The van der Waals surface area contributed by atoms with Crippen LogP contribution in [0.1, 0.15) is 38.7 Å². The Bertz CT molecular complexity index is 1240. The Hall–Kier alpha value is -3.71. The maximum Gasteiger partial charge on any atom is 0.265 e. The Morgan fingerprint density at radius 3 is 2.53 bits per heavy atom. The van der Waals surface area contributed by atoms with Gasteiger partial charge in [-0.25, -0.2) is 4.98 Å². The van der Waals surface area contributed by atoms with Crippen LogP contribution in [-0.2, 0) is 13.0 Å². The molecule has 1 aliphatic heterocycles. The van der Waals surface area contributed by atoms with E-state index < -0.39 is 0 Å². The summed E-state index contributed by atoms with van der Waals surface area (Å²) in [5.41, 5.74) is 3.75. The molecule has 0 fully saturated rings. The molecule has 0 unspecified atom stereocenters. The number of fused-ring (bicyclic) bond motifs is 1. The third kappa shape index (κ3) is 4.33. The Labute approximate surface area is 189 Å². The molecular formula is C25H22N4O2S. The molecule has 2 amide bonds. The molecule has 0 bridgehead atoms. The van der Waals surface area contributed by atoms with Gasteiger partial charge in [0.15, 0.2) is 0 Å². The molecule has 0 aliphatic carbocycles. The van der Waals surface area contributed by atoms with Gasteiger partial charge >= 0.3 is 0 Å². The van der Waals surface area contributed by atoms with E-state index in [1.165, 1.54) is 24.2 Å². The standard InChI is InChI=1S/C25H22N4O2S/c30-24(18-5-3-6-20(15-18)27-25(31)22-7-4-14-32-22)26-19-11-9-17(10-12-19)21-16-29-13-2-1-8-23(29)28-21/h3-7,9-12,14-16H,1-2,8,13H2,(H,26,30)(H,27,31). The summed E-state index contributed by atoms with van der Waals surface area (Å²) < 4.78 is 2.23. The highest BCUT2D eigenvalue weighted by Crippen LogP contribution is 2.24. The van der Waals surface area contributed by atoms with Crippen molar-refractivity contribution in [2.24, 2.45) is 0 Å². The van der Waals surface area contributed by atoms with E-state index in [1.807, 2.05) is 35.7 Å². The summed E-state index contributed by atoms with van der Waals surface area (Å²) in [5, 5.41) is 7.60. The number of hydrogen-bond donors (Lipinski definition) is 2.